The Morgan fingerprint density at radius 1 is 1.15 bits per heavy atom. The molecule has 1 aliphatic heterocycles. The second-order valence-corrected chi connectivity index (χ2v) is 8.61. The molecule has 0 saturated heterocycles. The smallest absolute Gasteiger partial charge is 0.342 e. The fourth-order valence-corrected chi connectivity index (χ4v) is 4.80. The number of Topliss-reactive ketones (excluding diaryl/α,β-unsaturated/α-hetero) is 1. The molecule has 2 atom stereocenters. The van der Waals surface area contributed by atoms with Gasteiger partial charge >= 0.3 is 11.9 Å². The van der Waals surface area contributed by atoms with Gasteiger partial charge in [-0.05, 0) is 48.6 Å². The summed E-state index contributed by atoms with van der Waals surface area (Å²) in [6.07, 6.45) is 3.02. The van der Waals surface area contributed by atoms with E-state index in [1.165, 1.54) is 13.8 Å². The summed E-state index contributed by atoms with van der Waals surface area (Å²) in [6.45, 7) is 9.43. The molecule has 2 aliphatic rings. The molecule has 0 amide bonds. The van der Waals surface area contributed by atoms with Gasteiger partial charge in [0.25, 0.3) is 6.29 Å². The van der Waals surface area contributed by atoms with Gasteiger partial charge < -0.3 is 9.47 Å². The van der Waals surface area contributed by atoms with E-state index in [1.54, 1.807) is 6.07 Å². The van der Waals surface area contributed by atoms with Crippen LogP contribution in [0.2, 0.25) is 0 Å². The zero-order valence-electron chi connectivity index (χ0n) is 16.1. The molecule has 0 radical (unpaired) electrons. The van der Waals surface area contributed by atoms with Gasteiger partial charge in [0.05, 0.1) is 11.1 Å². The van der Waals surface area contributed by atoms with Crippen molar-refractivity contribution >= 4 is 17.7 Å². The second kappa shape index (κ2) is 6.22. The fourth-order valence-electron chi connectivity index (χ4n) is 4.80. The highest BCUT2D eigenvalue weighted by molar-refractivity contribution is 6.03. The minimum atomic E-state index is -1.14. The van der Waals surface area contributed by atoms with Gasteiger partial charge in [-0.3, -0.25) is 9.59 Å². The normalized spacial score (nSPS) is 26.8. The topological polar surface area (TPSA) is 69.7 Å². The van der Waals surface area contributed by atoms with Crippen LogP contribution in [0.5, 0.6) is 0 Å². The third-order valence-corrected chi connectivity index (χ3v) is 5.64. The molecule has 5 heteroatoms. The highest BCUT2D eigenvalue weighted by atomic mass is 16.7. The zero-order chi connectivity index (χ0) is 19.3. The molecule has 1 aliphatic carbocycles. The van der Waals surface area contributed by atoms with Crippen molar-refractivity contribution in [1.29, 1.82) is 0 Å². The van der Waals surface area contributed by atoms with E-state index in [2.05, 4.69) is 20.8 Å². The average Bonchev–Trinajstić information content (AvgIpc) is 2.80. The number of carbonyl (C=O) groups is 3. The van der Waals surface area contributed by atoms with E-state index in [4.69, 9.17) is 9.47 Å². The van der Waals surface area contributed by atoms with Gasteiger partial charge in [0.15, 0.2) is 5.78 Å². The fraction of sp³-hybridized carbons (Fsp3) is 0.571. The number of benzene rings is 1. The van der Waals surface area contributed by atoms with Crippen molar-refractivity contribution in [3.8, 4) is 0 Å². The lowest BCUT2D eigenvalue weighted by atomic mass is 9.60. The van der Waals surface area contributed by atoms with Crippen LogP contribution in [0.25, 0.3) is 0 Å². The molecular weight excluding hydrogens is 332 g/mol. The number of esters is 2. The van der Waals surface area contributed by atoms with Gasteiger partial charge in [0.2, 0.25) is 0 Å². The van der Waals surface area contributed by atoms with Crippen molar-refractivity contribution < 1.29 is 23.9 Å². The average molecular weight is 358 g/mol. The van der Waals surface area contributed by atoms with Crippen LogP contribution in [-0.2, 0) is 19.7 Å². The molecule has 1 aromatic carbocycles. The molecule has 0 unspecified atom stereocenters. The molecule has 0 N–H and O–H groups in total. The standard InChI is InChI=1S/C21H26O5/c1-12(22)16-15(21(5)10-6-9-20(3,4)11-21)8-7-14-17(16)19(25-13(2)23)26-18(14)24/h7-8,19H,6,9-11H2,1-5H3/t19-,21+/m1/s1. The van der Waals surface area contributed by atoms with Crippen LogP contribution in [-0.4, -0.2) is 17.7 Å². The number of ether oxygens (including phenoxy) is 2. The molecule has 5 nitrogen and oxygen atoms in total. The lowest BCUT2D eigenvalue weighted by Gasteiger charge is -2.44. The Balaban J connectivity index is 2.18. The third kappa shape index (κ3) is 3.15. The van der Waals surface area contributed by atoms with Gasteiger partial charge in [0, 0.05) is 12.5 Å². The van der Waals surface area contributed by atoms with Gasteiger partial charge in [-0.15, -0.1) is 0 Å². The lowest BCUT2D eigenvalue weighted by molar-refractivity contribution is -0.164. The number of hydrogen-bond donors (Lipinski definition) is 0. The van der Waals surface area contributed by atoms with Crippen molar-refractivity contribution in [1.82, 2.24) is 0 Å². The molecule has 1 heterocycles. The van der Waals surface area contributed by atoms with E-state index in [-0.39, 0.29) is 16.6 Å². The van der Waals surface area contributed by atoms with E-state index in [0.29, 0.717) is 16.7 Å². The highest BCUT2D eigenvalue weighted by Crippen LogP contribution is 2.50. The molecule has 0 bridgehead atoms. The van der Waals surface area contributed by atoms with Gasteiger partial charge in [-0.2, -0.15) is 0 Å². The Morgan fingerprint density at radius 3 is 2.42 bits per heavy atom. The molecule has 0 spiro atoms. The molecule has 0 aromatic heterocycles. The Hall–Kier alpha value is -2.17. The first-order valence-electron chi connectivity index (χ1n) is 9.11. The maximum Gasteiger partial charge on any atom is 0.342 e. The van der Waals surface area contributed by atoms with Gasteiger partial charge in [0.1, 0.15) is 0 Å². The van der Waals surface area contributed by atoms with Crippen LogP contribution in [0.3, 0.4) is 0 Å². The predicted molar refractivity (Wildman–Crippen MR) is 96.0 cm³/mol. The molecular formula is C21H26O5. The van der Waals surface area contributed by atoms with Gasteiger partial charge in [-0.1, -0.05) is 33.3 Å². The number of rotatable bonds is 3. The Bertz CT molecular complexity index is 790. The summed E-state index contributed by atoms with van der Waals surface area (Å²) >= 11 is 0. The van der Waals surface area contributed by atoms with E-state index >= 15 is 0 Å². The van der Waals surface area contributed by atoms with Crippen LogP contribution < -0.4 is 0 Å². The minimum Gasteiger partial charge on any atom is -0.421 e. The summed E-state index contributed by atoms with van der Waals surface area (Å²) in [5.74, 6) is -1.26. The number of ketones is 1. The van der Waals surface area contributed by atoms with E-state index < -0.39 is 18.2 Å². The summed E-state index contributed by atoms with van der Waals surface area (Å²) in [5, 5.41) is 0. The van der Waals surface area contributed by atoms with Crippen LogP contribution in [0, 0.1) is 5.41 Å². The molecule has 26 heavy (non-hydrogen) atoms. The summed E-state index contributed by atoms with van der Waals surface area (Å²) in [7, 11) is 0. The quantitative estimate of drug-likeness (QED) is 0.588. The minimum absolute atomic E-state index is 0.142. The largest absolute Gasteiger partial charge is 0.421 e. The Labute approximate surface area is 154 Å². The Kier molecular flexibility index (Phi) is 4.45. The van der Waals surface area contributed by atoms with Crippen molar-refractivity contribution in [2.24, 2.45) is 5.41 Å². The summed E-state index contributed by atoms with van der Waals surface area (Å²) in [6, 6.07) is 3.59. The molecule has 3 rings (SSSR count). The number of fused-ring (bicyclic) bond motifs is 1. The maximum absolute atomic E-state index is 12.6. The SMILES string of the molecule is CC(=O)O[C@@H]1OC(=O)c2ccc([C@@]3(C)CCCC(C)(C)C3)c(C(C)=O)c21. The van der Waals surface area contributed by atoms with Crippen LogP contribution in [0.1, 0.15) is 98.4 Å². The molecule has 1 fully saturated rings. The number of hydrogen-bond acceptors (Lipinski definition) is 5. The van der Waals surface area contributed by atoms with E-state index in [0.717, 1.165) is 31.2 Å². The second-order valence-electron chi connectivity index (χ2n) is 8.61. The number of cyclic esters (lactones) is 1. The first kappa shape index (κ1) is 18.6. The summed E-state index contributed by atoms with van der Waals surface area (Å²) in [5.41, 5.74) is 2.11. The van der Waals surface area contributed by atoms with Crippen LogP contribution in [0.15, 0.2) is 12.1 Å². The number of carbonyl (C=O) groups excluding carboxylic acids is 3. The lowest BCUT2D eigenvalue weighted by Crippen LogP contribution is -2.35. The van der Waals surface area contributed by atoms with E-state index in [1.807, 2.05) is 6.07 Å². The van der Waals surface area contributed by atoms with Crippen molar-refractivity contribution in [2.45, 2.75) is 72.0 Å². The third-order valence-electron chi connectivity index (χ3n) is 5.64. The first-order chi connectivity index (χ1) is 12.0. The summed E-state index contributed by atoms with van der Waals surface area (Å²) in [4.78, 5) is 36.2. The maximum atomic E-state index is 12.6. The molecule has 140 valence electrons. The van der Waals surface area contributed by atoms with E-state index in [9.17, 15) is 14.4 Å². The first-order valence-corrected chi connectivity index (χ1v) is 9.11. The molecule has 1 saturated carbocycles. The van der Waals surface area contributed by atoms with Gasteiger partial charge in [-0.25, -0.2) is 4.79 Å². The Morgan fingerprint density at radius 2 is 1.85 bits per heavy atom. The monoisotopic (exact) mass is 358 g/mol. The van der Waals surface area contributed by atoms with Crippen molar-refractivity contribution in [2.75, 3.05) is 0 Å². The van der Waals surface area contributed by atoms with Crippen LogP contribution in [0.4, 0.5) is 0 Å². The predicted octanol–water partition coefficient (Wildman–Crippen LogP) is 4.48. The zero-order valence-corrected chi connectivity index (χ0v) is 16.1. The molecule has 1 aromatic rings. The summed E-state index contributed by atoms with van der Waals surface area (Å²) < 4.78 is 10.4. The highest BCUT2D eigenvalue weighted by Gasteiger charge is 2.44. The van der Waals surface area contributed by atoms with Crippen LogP contribution >= 0.6 is 0 Å². The van der Waals surface area contributed by atoms with Crippen molar-refractivity contribution in [3.63, 3.8) is 0 Å². The van der Waals surface area contributed by atoms with Crippen molar-refractivity contribution in [3.05, 3.63) is 34.4 Å².